The second kappa shape index (κ2) is 17.5. The molecule has 0 unspecified atom stereocenters. The minimum Gasteiger partial charge on any atom is -0.487 e. The van der Waals surface area contributed by atoms with E-state index in [1.165, 1.54) is 0 Å². The average molecular weight is 633 g/mol. The summed E-state index contributed by atoms with van der Waals surface area (Å²) in [7, 11) is -7.77. The third-order valence-electron chi connectivity index (χ3n) is 11.0. The molecule has 0 aromatic rings. The molecule has 40 heavy (non-hydrogen) atoms. The maximum absolute atomic E-state index is 7.47. The zero-order valence-corrected chi connectivity index (χ0v) is 32.8. The van der Waals surface area contributed by atoms with Crippen LogP contribution in [0.15, 0.2) is 12.3 Å². The topological polar surface area (TPSA) is 46.2 Å². The van der Waals surface area contributed by atoms with Crippen molar-refractivity contribution in [3.8, 4) is 0 Å². The van der Waals surface area contributed by atoms with Gasteiger partial charge in [0, 0.05) is 0 Å². The van der Waals surface area contributed by atoms with Crippen molar-refractivity contribution in [3.05, 3.63) is 12.3 Å². The zero-order chi connectivity index (χ0) is 30.6. The monoisotopic (exact) mass is 632 g/mol. The minimum atomic E-state index is -2.00. The number of rotatable bonds is 21. The maximum Gasteiger partial charge on any atom is 0.193 e. The molecule has 0 spiro atoms. The van der Waals surface area contributed by atoms with Crippen molar-refractivity contribution in [2.45, 2.75) is 180 Å². The Balaban J connectivity index is 3.75. The van der Waals surface area contributed by atoms with Crippen molar-refractivity contribution in [2.75, 3.05) is 6.61 Å². The van der Waals surface area contributed by atoms with E-state index in [-0.39, 0.29) is 24.4 Å². The first-order valence-electron chi connectivity index (χ1n) is 17.0. The molecule has 0 radical (unpaired) electrons. The van der Waals surface area contributed by atoms with Crippen LogP contribution in [0.1, 0.15) is 83.1 Å². The first-order valence-corrected chi connectivity index (χ1v) is 27.1. The van der Waals surface area contributed by atoms with E-state index in [4.69, 9.17) is 22.4 Å². The van der Waals surface area contributed by atoms with Gasteiger partial charge >= 0.3 is 0 Å². The Morgan fingerprint density at radius 1 is 0.500 bits per heavy atom. The third kappa shape index (κ3) is 8.89. The fourth-order valence-corrected chi connectivity index (χ4v) is 17.7. The summed E-state index contributed by atoms with van der Waals surface area (Å²) >= 11 is 0. The number of hydrogen-bond acceptors (Lipinski definition) is 5. The van der Waals surface area contributed by atoms with Crippen LogP contribution in [0.4, 0.5) is 0 Å². The van der Waals surface area contributed by atoms with Crippen LogP contribution in [0, 0.1) is 0 Å². The lowest BCUT2D eigenvalue weighted by atomic mass is 9.99. The summed E-state index contributed by atoms with van der Waals surface area (Å²) in [6.45, 7) is 32.7. The molecule has 0 aromatic heterocycles. The van der Waals surface area contributed by atoms with Crippen LogP contribution in [0.25, 0.3) is 0 Å². The van der Waals surface area contributed by atoms with Crippen LogP contribution in [0.5, 0.6) is 0 Å². The molecule has 9 heteroatoms. The van der Waals surface area contributed by atoms with Crippen molar-refractivity contribution in [1.82, 2.24) is 0 Å². The number of hydrogen-bond donors (Lipinski definition) is 0. The van der Waals surface area contributed by atoms with E-state index in [1.807, 2.05) is 0 Å². The molecule has 0 saturated carbocycles. The molecule has 238 valence electrons. The van der Waals surface area contributed by atoms with Crippen LogP contribution in [0.2, 0.25) is 72.5 Å². The highest BCUT2D eigenvalue weighted by atomic mass is 28.4. The summed E-state index contributed by atoms with van der Waals surface area (Å²) in [6, 6.07) is 13.2. The van der Waals surface area contributed by atoms with Gasteiger partial charge in [-0.2, -0.15) is 0 Å². The SMILES string of the molecule is C=C1O[C@H](CO[Si](CC)(CC)CC)[C@@H](O[Si](CC)(CC)CC)[C@H](O[Si](CC)(CC)CC)[C@H]1O[Si](CC)(CC)CC. The van der Waals surface area contributed by atoms with Gasteiger partial charge in [0.2, 0.25) is 0 Å². The van der Waals surface area contributed by atoms with Gasteiger partial charge in [-0.25, -0.2) is 0 Å². The van der Waals surface area contributed by atoms with Crippen molar-refractivity contribution in [1.29, 1.82) is 0 Å². The Hall–Kier alpha value is 0.248. The van der Waals surface area contributed by atoms with E-state index in [9.17, 15) is 0 Å². The summed E-state index contributed by atoms with van der Waals surface area (Å²) in [5.74, 6) is 0.727. The molecule has 1 fully saturated rings. The lowest BCUT2D eigenvalue weighted by Crippen LogP contribution is -2.64. The third-order valence-corrected chi connectivity index (χ3v) is 29.6. The predicted molar refractivity (Wildman–Crippen MR) is 183 cm³/mol. The standard InChI is InChI=1S/C31H68O5Si4/c1-14-37(15-2,16-3)32-26-28-30(35-39(20-7,21-8)22-9)31(36-40(23-10,24-11)25-12)29(27(13)33-28)34-38(17-4,18-5)19-6/h28-31H,13-26H2,1-12H3/t28-,29+,30-,31-/m1/s1. The fourth-order valence-electron chi connectivity index (χ4n) is 6.59. The van der Waals surface area contributed by atoms with E-state index in [1.54, 1.807) is 0 Å². The first-order chi connectivity index (χ1) is 19.0. The first kappa shape index (κ1) is 38.3. The van der Waals surface area contributed by atoms with Gasteiger partial charge in [0.25, 0.3) is 0 Å². The second-order valence-electron chi connectivity index (χ2n) is 12.1. The predicted octanol–water partition coefficient (Wildman–Crippen LogP) is 10.1. The normalized spacial score (nSPS) is 22.9. The van der Waals surface area contributed by atoms with E-state index in [0.29, 0.717) is 6.61 Å². The molecule has 5 nitrogen and oxygen atoms in total. The maximum atomic E-state index is 7.47. The summed E-state index contributed by atoms with van der Waals surface area (Å²) in [6.07, 6.45) is -0.904. The molecule has 1 rings (SSSR count). The van der Waals surface area contributed by atoms with E-state index in [2.05, 4.69) is 89.7 Å². The Morgan fingerprint density at radius 3 is 1.18 bits per heavy atom. The molecule has 1 aliphatic rings. The van der Waals surface area contributed by atoms with Gasteiger partial charge < -0.3 is 22.4 Å². The van der Waals surface area contributed by atoms with Gasteiger partial charge in [-0.15, -0.1) is 0 Å². The Bertz CT molecular complexity index is 687. The summed E-state index contributed by atoms with van der Waals surface area (Å²) < 4.78 is 35.8. The molecule has 1 saturated heterocycles. The molecule has 0 N–H and O–H groups in total. The van der Waals surface area contributed by atoms with Crippen LogP contribution >= 0.6 is 0 Å². The lowest BCUT2D eigenvalue weighted by molar-refractivity contribution is -0.148. The Morgan fingerprint density at radius 2 is 0.825 bits per heavy atom. The molecule has 0 aliphatic carbocycles. The molecule has 1 heterocycles. The van der Waals surface area contributed by atoms with Gasteiger partial charge in [0.1, 0.15) is 30.2 Å². The highest BCUT2D eigenvalue weighted by Crippen LogP contribution is 2.40. The molecule has 4 atom stereocenters. The molecule has 0 amide bonds. The van der Waals surface area contributed by atoms with Crippen molar-refractivity contribution >= 4 is 33.3 Å². The van der Waals surface area contributed by atoms with E-state index < -0.39 is 33.3 Å². The number of ether oxygens (including phenoxy) is 1. The Kier molecular flexibility index (Phi) is 16.8. The highest BCUT2D eigenvalue weighted by Gasteiger charge is 2.53. The summed E-state index contributed by atoms with van der Waals surface area (Å²) in [5, 5.41) is 0. The van der Waals surface area contributed by atoms with Gasteiger partial charge in [-0.1, -0.05) is 89.7 Å². The highest BCUT2D eigenvalue weighted by molar-refractivity contribution is 6.75. The van der Waals surface area contributed by atoms with Crippen LogP contribution in [-0.2, 0) is 22.4 Å². The van der Waals surface area contributed by atoms with Gasteiger partial charge in [-0.3, -0.25) is 0 Å². The Labute approximate surface area is 254 Å². The summed E-state index contributed by atoms with van der Waals surface area (Å²) in [4.78, 5) is 0. The second-order valence-corrected chi connectivity index (χ2v) is 31.1. The molecular formula is C31H68O5Si4. The van der Waals surface area contributed by atoms with Gasteiger partial charge in [-0.05, 0) is 72.5 Å². The van der Waals surface area contributed by atoms with Crippen LogP contribution < -0.4 is 0 Å². The largest absolute Gasteiger partial charge is 0.487 e. The minimum absolute atomic E-state index is 0.199. The van der Waals surface area contributed by atoms with Crippen molar-refractivity contribution in [3.63, 3.8) is 0 Å². The zero-order valence-electron chi connectivity index (χ0n) is 28.8. The molecular weight excluding hydrogens is 565 g/mol. The van der Waals surface area contributed by atoms with Crippen LogP contribution in [-0.4, -0.2) is 64.3 Å². The summed E-state index contributed by atoms with van der Waals surface area (Å²) in [5.41, 5.74) is 0. The van der Waals surface area contributed by atoms with Crippen LogP contribution in [0.3, 0.4) is 0 Å². The smallest absolute Gasteiger partial charge is 0.193 e. The van der Waals surface area contributed by atoms with Crippen molar-refractivity contribution < 1.29 is 22.4 Å². The van der Waals surface area contributed by atoms with E-state index >= 15 is 0 Å². The quantitative estimate of drug-likeness (QED) is 0.118. The molecule has 0 aromatic carbocycles. The lowest BCUT2D eigenvalue weighted by Gasteiger charge is -2.51. The van der Waals surface area contributed by atoms with Gasteiger partial charge in [0.05, 0.1) is 6.61 Å². The van der Waals surface area contributed by atoms with E-state index in [0.717, 1.165) is 78.3 Å². The fraction of sp³-hybridized carbons (Fsp3) is 0.935. The molecule has 1 aliphatic heterocycles. The van der Waals surface area contributed by atoms with Gasteiger partial charge in [0.15, 0.2) is 33.3 Å². The van der Waals surface area contributed by atoms with Crippen molar-refractivity contribution in [2.24, 2.45) is 0 Å². The molecule has 0 bridgehead atoms. The average Bonchev–Trinajstić information content (AvgIpc) is 3.01.